The predicted octanol–water partition coefficient (Wildman–Crippen LogP) is 0.235. The van der Waals surface area contributed by atoms with Gasteiger partial charge in [0.2, 0.25) is 11.7 Å². The van der Waals surface area contributed by atoms with Crippen LogP contribution in [-0.2, 0) is 16.6 Å². The van der Waals surface area contributed by atoms with Crippen LogP contribution >= 0.6 is 0 Å². The van der Waals surface area contributed by atoms with Crippen molar-refractivity contribution in [1.82, 2.24) is 30.0 Å². The summed E-state index contributed by atoms with van der Waals surface area (Å²) < 4.78 is 35.8. The van der Waals surface area contributed by atoms with Gasteiger partial charge < -0.3 is 14.0 Å². The van der Waals surface area contributed by atoms with E-state index in [9.17, 15) is 8.42 Å². The molecule has 0 spiro atoms. The lowest BCUT2D eigenvalue weighted by Crippen LogP contribution is -2.23. The first-order chi connectivity index (χ1) is 10.0. The Morgan fingerprint density at radius 2 is 2.19 bits per heavy atom. The molecule has 0 aliphatic heterocycles. The monoisotopic (exact) mass is 310 g/mol. The third kappa shape index (κ3) is 2.83. The minimum atomic E-state index is -3.70. The molecule has 0 amide bonds. The normalized spacial score (nSPS) is 11.9. The quantitative estimate of drug-likeness (QED) is 0.682. The molecular formula is C10H10N6O4S. The maximum absolute atomic E-state index is 11.8. The lowest BCUT2D eigenvalue weighted by atomic mass is 10.4. The van der Waals surface area contributed by atoms with Crippen LogP contribution in [0.4, 0.5) is 0 Å². The van der Waals surface area contributed by atoms with Crippen LogP contribution in [0.25, 0.3) is 11.5 Å². The molecule has 0 saturated carbocycles. The van der Waals surface area contributed by atoms with Gasteiger partial charge in [0.25, 0.3) is 10.0 Å². The summed E-state index contributed by atoms with van der Waals surface area (Å²) in [4.78, 5) is 10.2. The van der Waals surface area contributed by atoms with Crippen LogP contribution in [0.5, 0.6) is 0 Å². The van der Waals surface area contributed by atoms with Gasteiger partial charge in [-0.15, -0.1) is 0 Å². The summed E-state index contributed by atoms with van der Waals surface area (Å²) in [6, 6.07) is 1.64. The highest BCUT2D eigenvalue weighted by Crippen LogP contribution is 2.15. The Balaban J connectivity index is 1.71. The second-order valence-corrected chi connectivity index (χ2v) is 5.81. The number of hydrogen-bond donors (Lipinski definition) is 2. The summed E-state index contributed by atoms with van der Waals surface area (Å²) in [6.45, 7) is 1.58. The van der Waals surface area contributed by atoms with Crippen LogP contribution < -0.4 is 4.72 Å². The Labute approximate surface area is 118 Å². The Morgan fingerprint density at radius 3 is 2.86 bits per heavy atom. The molecule has 3 heterocycles. The molecule has 0 atom stereocenters. The number of rotatable bonds is 5. The first-order valence-electron chi connectivity index (χ1n) is 5.79. The standard InChI is InChI=1S/C10H10N6O4S/c1-6-2-7(15-19-6)10-14-8(20-16-10)3-13-21(17,18)9-4-11-5-12-9/h2,4-5,13H,3H2,1H3,(H,11,12). The SMILES string of the molecule is Cc1cc(-c2noc(CNS(=O)(=O)c3cnc[nH]3)n2)no1. The largest absolute Gasteiger partial charge is 0.361 e. The highest BCUT2D eigenvalue weighted by molar-refractivity contribution is 7.89. The van der Waals surface area contributed by atoms with Gasteiger partial charge in [-0.2, -0.15) is 4.98 Å². The van der Waals surface area contributed by atoms with Gasteiger partial charge in [0.1, 0.15) is 5.76 Å². The molecule has 3 aromatic heterocycles. The molecule has 11 heteroatoms. The number of sulfonamides is 1. The zero-order valence-corrected chi connectivity index (χ0v) is 11.6. The number of aromatic nitrogens is 5. The first-order valence-corrected chi connectivity index (χ1v) is 7.27. The Bertz CT molecular complexity index is 835. The molecule has 0 aliphatic carbocycles. The topological polar surface area (TPSA) is 140 Å². The number of nitrogens with one attached hydrogen (secondary N) is 2. The highest BCUT2D eigenvalue weighted by Gasteiger charge is 2.18. The summed E-state index contributed by atoms with van der Waals surface area (Å²) >= 11 is 0. The molecule has 10 nitrogen and oxygen atoms in total. The first kappa shape index (κ1) is 13.5. The molecule has 21 heavy (non-hydrogen) atoms. The van der Waals surface area contributed by atoms with E-state index in [1.807, 2.05) is 0 Å². The Morgan fingerprint density at radius 1 is 1.33 bits per heavy atom. The van der Waals surface area contributed by atoms with Crippen molar-refractivity contribution in [3.05, 3.63) is 30.2 Å². The second kappa shape index (κ2) is 5.10. The predicted molar refractivity (Wildman–Crippen MR) is 67.1 cm³/mol. The average molecular weight is 310 g/mol. The molecule has 0 saturated heterocycles. The lowest BCUT2D eigenvalue weighted by molar-refractivity contribution is 0.374. The van der Waals surface area contributed by atoms with Crippen molar-refractivity contribution in [2.75, 3.05) is 0 Å². The molecule has 2 N–H and O–H groups in total. The molecule has 0 fully saturated rings. The fourth-order valence-corrected chi connectivity index (χ4v) is 2.40. The molecular weight excluding hydrogens is 300 g/mol. The van der Waals surface area contributed by atoms with Crippen LogP contribution in [0.2, 0.25) is 0 Å². The van der Waals surface area contributed by atoms with Crippen LogP contribution in [0, 0.1) is 6.92 Å². The van der Waals surface area contributed by atoms with E-state index >= 15 is 0 Å². The van der Waals surface area contributed by atoms with E-state index < -0.39 is 10.0 Å². The van der Waals surface area contributed by atoms with Crippen molar-refractivity contribution >= 4 is 10.0 Å². The molecule has 3 aromatic rings. The van der Waals surface area contributed by atoms with Crippen molar-refractivity contribution in [3.63, 3.8) is 0 Å². The molecule has 0 aromatic carbocycles. The highest BCUT2D eigenvalue weighted by atomic mass is 32.2. The lowest BCUT2D eigenvalue weighted by Gasteiger charge is -2.00. The van der Waals surface area contributed by atoms with Crippen molar-refractivity contribution in [2.24, 2.45) is 0 Å². The van der Waals surface area contributed by atoms with E-state index in [-0.39, 0.29) is 23.3 Å². The molecule has 110 valence electrons. The van der Waals surface area contributed by atoms with Crippen molar-refractivity contribution in [3.8, 4) is 11.5 Å². The van der Waals surface area contributed by atoms with Crippen LogP contribution in [0.3, 0.4) is 0 Å². The van der Waals surface area contributed by atoms with Crippen LogP contribution in [-0.4, -0.2) is 33.7 Å². The van der Waals surface area contributed by atoms with Gasteiger partial charge in [0, 0.05) is 6.07 Å². The van der Waals surface area contributed by atoms with Gasteiger partial charge in [0.15, 0.2) is 10.7 Å². The smallest absolute Gasteiger partial charge is 0.258 e. The summed E-state index contributed by atoms with van der Waals surface area (Å²) in [6.07, 6.45) is 2.46. The molecule has 0 bridgehead atoms. The van der Waals surface area contributed by atoms with Gasteiger partial charge in [-0.05, 0) is 6.92 Å². The van der Waals surface area contributed by atoms with E-state index in [1.165, 1.54) is 12.5 Å². The summed E-state index contributed by atoms with van der Waals surface area (Å²) in [5, 5.41) is 7.39. The average Bonchev–Trinajstić information content (AvgIpc) is 3.17. The minimum Gasteiger partial charge on any atom is -0.361 e. The summed E-state index contributed by atoms with van der Waals surface area (Å²) in [5.41, 5.74) is 0.416. The van der Waals surface area contributed by atoms with Gasteiger partial charge in [-0.3, -0.25) is 0 Å². The van der Waals surface area contributed by atoms with Crippen molar-refractivity contribution < 1.29 is 17.5 Å². The minimum absolute atomic E-state index is 0.0469. The Hall–Kier alpha value is -2.53. The fourth-order valence-electron chi connectivity index (χ4n) is 1.53. The van der Waals surface area contributed by atoms with E-state index in [0.29, 0.717) is 11.5 Å². The van der Waals surface area contributed by atoms with Crippen molar-refractivity contribution in [2.45, 2.75) is 18.5 Å². The van der Waals surface area contributed by atoms with Gasteiger partial charge in [0.05, 0.1) is 19.1 Å². The fraction of sp³-hybridized carbons (Fsp3) is 0.200. The van der Waals surface area contributed by atoms with Crippen molar-refractivity contribution in [1.29, 1.82) is 0 Å². The van der Waals surface area contributed by atoms with Crippen LogP contribution in [0.15, 0.2) is 32.7 Å². The van der Waals surface area contributed by atoms with E-state index in [4.69, 9.17) is 9.05 Å². The summed E-state index contributed by atoms with van der Waals surface area (Å²) in [7, 11) is -3.70. The van der Waals surface area contributed by atoms with Crippen LogP contribution in [0.1, 0.15) is 11.7 Å². The second-order valence-electron chi connectivity index (χ2n) is 4.07. The third-order valence-electron chi connectivity index (χ3n) is 2.50. The number of imidazole rings is 1. The maximum atomic E-state index is 11.8. The molecule has 0 unspecified atom stereocenters. The Kier molecular flexibility index (Phi) is 3.27. The third-order valence-corrected chi connectivity index (χ3v) is 3.83. The number of nitrogens with zero attached hydrogens (tertiary/aromatic N) is 4. The van der Waals surface area contributed by atoms with E-state index in [2.05, 4.69) is 30.0 Å². The van der Waals surface area contributed by atoms with Gasteiger partial charge >= 0.3 is 0 Å². The number of aromatic amines is 1. The molecule has 3 rings (SSSR count). The molecule has 0 aliphatic rings. The zero-order valence-electron chi connectivity index (χ0n) is 10.8. The van der Waals surface area contributed by atoms with Gasteiger partial charge in [-0.1, -0.05) is 10.3 Å². The van der Waals surface area contributed by atoms with Gasteiger partial charge in [-0.25, -0.2) is 18.1 Å². The maximum Gasteiger partial charge on any atom is 0.258 e. The number of hydrogen-bond acceptors (Lipinski definition) is 8. The number of aryl methyl sites for hydroxylation is 1. The summed E-state index contributed by atoms with van der Waals surface area (Å²) in [5.74, 6) is 0.938. The zero-order chi connectivity index (χ0) is 14.9. The van der Waals surface area contributed by atoms with E-state index in [0.717, 1.165) is 0 Å². The molecule has 0 radical (unpaired) electrons. The number of H-pyrrole nitrogens is 1. The van der Waals surface area contributed by atoms with E-state index in [1.54, 1.807) is 13.0 Å².